The van der Waals surface area contributed by atoms with Crippen molar-refractivity contribution in [1.29, 1.82) is 0 Å². The molecule has 0 aliphatic rings. The minimum Gasteiger partial charge on any atom is -0.478 e. The van der Waals surface area contributed by atoms with Gasteiger partial charge in [0.05, 0.1) is 28.3 Å². The van der Waals surface area contributed by atoms with Crippen molar-refractivity contribution in [2.24, 2.45) is 10.2 Å². The van der Waals surface area contributed by atoms with E-state index in [9.17, 15) is 22.8 Å². The largest absolute Gasteiger partial charge is 0.478 e. The number of carboxylic acids is 1. The highest BCUT2D eigenvalue weighted by Crippen LogP contribution is 2.33. The van der Waals surface area contributed by atoms with Crippen molar-refractivity contribution in [3.05, 3.63) is 131 Å². The number of carboxylic acid groups (broad SMARTS) is 1. The Bertz CT molecular complexity index is 1810. The Kier molecular flexibility index (Phi) is 15.6. The lowest BCUT2D eigenvalue weighted by Crippen LogP contribution is -2.17. The SMILES string of the molecule is C=O.C=O.CNC(=O)CCc1ccccc1N=Nc1cccc(C(=O)O)c1.Cc1ccc(-c2cc(C(F)(F)F)nn2-c2ccc(C)cc2)cc1. The van der Waals surface area contributed by atoms with E-state index in [0.29, 0.717) is 41.2 Å². The number of halogens is 3. The van der Waals surface area contributed by atoms with E-state index in [1.807, 2.05) is 76.0 Å². The van der Waals surface area contributed by atoms with E-state index in [1.54, 1.807) is 43.4 Å². The summed E-state index contributed by atoms with van der Waals surface area (Å²) >= 11 is 0. The number of amides is 1. The maximum Gasteiger partial charge on any atom is 0.435 e. The summed E-state index contributed by atoms with van der Waals surface area (Å²) in [6.07, 6.45) is -3.54. The van der Waals surface area contributed by atoms with Crippen LogP contribution in [0.3, 0.4) is 0 Å². The van der Waals surface area contributed by atoms with Gasteiger partial charge in [-0.25, -0.2) is 9.48 Å². The molecular weight excluding hydrogens is 651 g/mol. The van der Waals surface area contributed by atoms with Crippen molar-refractivity contribution in [3.8, 4) is 16.9 Å². The van der Waals surface area contributed by atoms with Crippen molar-refractivity contribution in [2.75, 3.05) is 7.05 Å². The van der Waals surface area contributed by atoms with Gasteiger partial charge >= 0.3 is 12.1 Å². The number of nitrogens with one attached hydrogen (secondary N) is 1. The Morgan fingerprint density at radius 3 is 2.00 bits per heavy atom. The molecule has 0 fully saturated rings. The van der Waals surface area contributed by atoms with E-state index in [-0.39, 0.29) is 11.5 Å². The Hall–Kier alpha value is -6.24. The zero-order valence-corrected chi connectivity index (χ0v) is 27.6. The molecule has 50 heavy (non-hydrogen) atoms. The Morgan fingerprint density at radius 2 is 1.42 bits per heavy atom. The number of azo groups is 1. The fourth-order valence-electron chi connectivity index (χ4n) is 4.34. The normalized spacial score (nSPS) is 10.4. The van der Waals surface area contributed by atoms with E-state index < -0.39 is 17.8 Å². The molecule has 4 aromatic carbocycles. The molecule has 5 aromatic rings. The van der Waals surface area contributed by atoms with E-state index >= 15 is 0 Å². The first kappa shape index (κ1) is 39.9. The van der Waals surface area contributed by atoms with Crippen molar-refractivity contribution in [2.45, 2.75) is 32.9 Å². The Balaban J connectivity index is 0.000000316. The molecule has 10 nitrogen and oxygen atoms in total. The number of rotatable bonds is 8. The standard InChI is InChI=1S/C18H15F3N2.C17H17N3O3.2CH2O/c1-12-3-7-14(8-4-12)16-11-17(18(19,20)21)22-23(16)15-9-5-13(2)6-10-15;1-18-16(21)10-9-12-5-2-3-8-15(12)20-19-14-7-4-6-13(11-14)17(22)23;2*1-2/h3-11H,1-2H3;2-8,11H,9-10H2,1H3,(H,18,21)(H,22,23);2*1H2. The van der Waals surface area contributed by atoms with Crippen molar-refractivity contribution < 1.29 is 37.5 Å². The predicted molar refractivity (Wildman–Crippen MR) is 184 cm³/mol. The first-order chi connectivity index (χ1) is 23.9. The summed E-state index contributed by atoms with van der Waals surface area (Å²) in [5, 5.41) is 23.6. The maximum atomic E-state index is 13.1. The number of alkyl halides is 3. The van der Waals surface area contributed by atoms with Crippen LogP contribution in [0.15, 0.2) is 113 Å². The van der Waals surface area contributed by atoms with Gasteiger partial charge in [-0.05, 0) is 68.3 Å². The third-order valence-corrected chi connectivity index (χ3v) is 6.88. The summed E-state index contributed by atoms with van der Waals surface area (Å²) in [4.78, 5) is 38.3. The van der Waals surface area contributed by atoms with Crippen LogP contribution in [0, 0.1) is 13.8 Å². The number of carbonyl (C=O) groups is 4. The molecular formula is C37H36F3N5O5. The summed E-state index contributed by atoms with van der Waals surface area (Å²) in [7, 11) is 1.60. The Morgan fingerprint density at radius 1 is 0.820 bits per heavy atom. The number of carbonyl (C=O) groups excluding carboxylic acids is 3. The van der Waals surface area contributed by atoms with E-state index in [0.717, 1.165) is 22.8 Å². The maximum absolute atomic E-state index is 13.1. The zero-order chi connectivity index (χ0) is 37.3. The van der Waals surface area contributed by atoms with Crippen LogP contribution in [0.4, 0.5) is 24.5 Å². The molecule has 2 N–H and O–H groups in total. The molecule has 5 rings (SSSR count). The van der Waals surface area contributed by atoms with Gasteiger partial charge in [0.1, 0.15) is 13.6 Å². The average molecular weight is 688 g/mol. The molecule has 1 amide bonds. The number of hydrogen-bond donors (Lipinski definition) is 2. The minimum absolute atomic E-state index is 0.0362. The molecule has 1 aromatic heterocycles. The molecule has 13 heteroatoms. The average Bonchev–Trinajstić information content (AvgIpc) is 3.59. The van der Waals surface area contributed by atoms with Gasteiger partial charge in [-0.1, -0.05) is 71.8 Å². The molecule has 0 atom stereocenters. The molecule has 0 aliphatic heterocycles. The topological polar surface area (TPSA) is 143 Å². The van der Waals surface area contributed by atoms with Crippen LogP contribution in [-0.4, -0.2) is 47.4 Å². The third kappa shape index (κ3) is 11.8. The zero-order valence-electron chi connectivity index (χ0n) is 27.6. The molecule has 0 aliphatic carbocycles. The number of benzene rings is 4. The molecule has 0 unspecified atom stereocenters. The van der Waals surface area contributed by atoms with Crippen LogP contribution in [0.1, 0.15) is 39.2 Å². The molecule has 0 bridgehead atoms. The number of hydrogen-bond acceptors (Lipinski definition) is 7. The van der Waals surface area contributed by atoms with Crippen molar-refractivity contribution in [3.63, 3.8) is 0 Å². The summed E-state index contributed by atoms with van der Waals surface area (Å²) in [5.41, 5.74) is 5.10. The quantitative estimate of drug-likeness (QED) is 0.157. The number of nitrogens with zero attached hydrogens (tertiary/aromatic N) is 4. The van der Waals surface area contributed by atoms with Gasteiger partial charge in [-0.2, -0.15) is 28.5 Å². The van der Waals surface area contributed by atoms with Gasteiger partial charge in [0, 0.05) is 19.0 Å². The Labute approximate surface area is 287 Å². The van der Waals surface area contributed by atoms with Crippen molar-refractivity contribution >= 4 is 36.8 Å². The molecule has 0 saturated heterocycles. The van der Waals surface area contributed by atoms with E-state index in [2.05, 4.69) is 20.6 Å². The smallest absolute Gasteiger partial charge is 0.435 e. The first-order valence-electron chi connectivity index (χ1n) is 14.9. The summed E-state index contributed by atoms with van der Waals surface area (Å²) in [6, 6.07) is 29.3. The molecule has 260 valence electrons. The number of aromatic carboxylic acids is 1. The van der Waals surface area contributed by atoms with E-state index in [4.69, 9.17) is 14.7 Å². The summed E-state index contributed by atoms with van der Waals surface area (Å²) in [6.45, 7) is 7.86. The minimum atomic E-state index is -4.48. The highest BCUT2D eigenvalue weighted by molar-refractivity contribution is 5.88. The second kappa shape index (κ2) is 19.5. The summed E-state index contributed by atoms with van der Waals surface area (Å²) < 4.78 is 40.5. The fourth-order valence-corrected chi connectivity index (χ4v) is 4.34. The van der Waals surface area contributed by atoms with Crippen LogP contribution in [0.2, 0.25) is 0 Å². The van der Waals surface area contributed by atoms with Crippen LogP contribution in [0.5, 0.6) is 0 Å². The second-order valence-electron chi connectivity index (χ2n) is 10.4. The van der Waals surface area contributed by atoms with Crippen LogP contribution in [-0.2, 0) is 27.0 Å². The highest BCUT2D eigenvalue weighted by Gasteiger charge is 2.35. The lowest BCUT2D eigenvalue weighted by Gasteiger charge is -2.08. The number of aryl methyl sites for hydroxylation is 3. The molecule has 0 radical (unpaired) electrons. The molecule has 0 saturated carbocycles. The van der Waals surface area contributed by atoms with Crippen molar-refractivity contribution in [1.82, 2.24) is 15.1 Å². The van der Waals surface area contributed by atoms with Gasteiger partial charge in [0.15, 0.2) is 5.69 Å². The number of aromatic nitrogens is 2. The molecule has 0 spiro atoms. The van der Waals surface area contributed by atoms with E-state index in [1.165, 1.54) is 16.8 Å². The van der Waals surface area contributed by atoms with Gasteiger partial charge in [-0.15, -0.1) is 0 Å². The van der Waals surface area contributed by atoms with Crippen LogP contribution in [0.25, 0.3) is 16.9 Å². The summed E-state index contributed by atoms with van der Waals surface area (Å²) in [5.74, 6) is -1.04. The third-order valence-electron chi connectivity index (χ3n) is 6.88. The fraction of sp³-hybridized carbons (Fsp3) is 0.162. The highest BCUT2D eigenvalue weighted by atomic mass is 19.4. The predicted octanol–water partition coefficient (Wildman–Crippen LogP) is 8.28. The van der Waals surface area contributed by atoms with Gasteiger partial charge < -0.3 is 20.0 Å². The van der Waals surface area contributed by atoms with Gasteiger partial charge in [0.2, 0.25) is 5.91 Å². The van der Waals surface area contributed by atoms with Crippen LogP contribution >= 0.6 is 0 Å². The molecule has 1 heterocycles. The monoisotopic (exact) mass is 687 g/mol. The first-order valence-corrected chi connectivity index (χ1v) is 14.9. The second-order valence-corrected chi connectivity index (χ2v) is 10.4. The van der Waals surface area contributed by atoms with Gasteiger partial charge in [0.25, 0.3) is 0 Å². The lowest BCUT2D eigenvalue weighted by atomic mass is 10.1. The van der Waals surface area contributed by atoms with Crippen LogP contribution < -0.4 is 5.32 Å². The van der Waals surface area contributed by atoms with Gasteiger partial charge in [-0.3, -0.25) is 4.79 Å². The lowest BCUT2D eigenvalue weighted by molar-refractivity contribution is -0.141.